The van der Waals surface area contributed by atoms with E-state index in [1.807, 2.05) is 4.90 Å². The van der Waals surface area contributed by atoms with Gasteiger partial charge in [0.15, 0.2) is 0 Å². The number of amides is 1. The Bertz CT molecular complexity index is 303. The molecule has 0 bridgehead atoms. The molecule has 0 radical (unpaired) electrons. The average molecular weight is 269 g/mol. The van der Waals surface area contributed by atoms with Crippen molar-refractivity contribution in [2.45, 2.75) is 32.2 Å². The number of nitrogens with two attached hydrogens (primary N) is 1. The molecule has 3 unspecified atom stereocenters. The lowest BCUT2D eigenvalue weighted by molar-refractivity contribution is -0.138. The third-order valence-corrected chi connectivity index (χ3v) is 4.71. The Morgan fingerprint density at radius 2 is 1.95 bits per heavy atom. The van der Waals surface area contributed by atoms with Gasteiger partial charge in [-0.2, -0.15) is 0 Å². The van der Waals surface area contributed by atoms with Crippen molar-refractivity contribution in [3.63, 3.8) is 0 Å². The molecule has 0 aromatic heterocycles. The van der Waals surface area contributed by atoms with E-state index in [4.69, 9.17) is 10.8 Å². The summed E-state index contributed by atoms with van der Waals surface area (Å²) < 4.78 is 0. The Balaban J connectivity index is 1.81. The third kappa shape index (κ3) is 3.68. The molecule has 110 valence electrons. The predicted octanol–water partition coefficient (Wildman–Crippen LogP) is -0.114. The average Bonchev–Trinajstić information content (AvgIpc) is 2.42. The second-order valence-corrected chi connectivity index (χ2v) is 6.04. The molecule has 1 amide bonds. The molecular formula is C14H27N3O2. The van der Waals surface area contributed by atoms with Crippen LogP contribution in [0.15, 0.2) is 0 Å². The lowest BCUT2D eigenvalue weighted by Gasteiger charge is -2.38. The summed E-state index contributed by atoms with van der Waals surface area (Å²) in [6.07, 6.45) is 2.91. The summed E-state index contributed by atoms with van der Waals surface area (Å²) in [6, 6.07) is 0.179. The van der Waals surface area contributed by atoms with Gasteiger partial charge >= 0.3 is 0 Å². The van der Waals surface area contributed by atoms with Crippen molar-refractivity contribution in [2.75, 3.05) is 39.3 Å². The number of aliphatic hydroxyl groups is 1. The van der Waals surface area contributed by atoms with Crippen LogP contribution in [0.3, 0.4) is 0 Å². The van der Waals surface area contributed by atoms with Gasteiger partial charge in [0.25, 0.3) is 0 Å². The highest BCUT2D eigenvalue weighted by molar-refractivity contribution is 5.79. The zero-order chi connectivity index (χ0) is 13.8. The third-order valence-electron chi connectivity index (χ3n) is 4.71. The lowest BCUT2D eigenvalue weighted by Crippen LogP contribution is -2.52. The number of carbonyl (C=O) groups is 1. The standard InChI is InChI=1S/C14H27N3O2/c1-11-2-3-12(10-13(11)15)14(19)17-6-4-16(5-7-17)8-9-18/h11-13,18H,2-10,15H2,1H3. The van der Waals surface area contributed by atoms with Crippen LogP contribution in [0.1, 0.15) is 26.2 Å². The smallest absolute Gasteiger partial charge is 0.225 e. The van der Waals surface area contributed by atoms with E-state index < -0.39 is 0 Å². The van der Waals surface area contributed by atoms with E-state index in [0.717, 1.165) is 45.4 Å². The van der Waals surface area contributed by atoms with Crippen LogP contribution in [0.2, 0.25) is 0 Å². The first-order valence-electron chi connectivity index (χ1n) is 7.49. The number of carbonyl (C=O) groups excluding carboxylic acids is 1. The molecule has 1 saturated heterocycles. The molecule has 5 nitrogen and oxygen atoms in total. The van der Waals surface area contributed by atoms with Gasteiger partial charge in [-0.25, -0.2) is 0 Å². The molecule has 0 aromatic rings. The van der Waals surface area contributed by atoms with Crippen molar-refractivity contribution in [3.8, 4) is 0 Å². The maximum atomic E-state index is 12.5. The minimum atomic E-state index is 0.135. The molecule has 1 heterocycles. The zero-order valence-corrected chi connectivity index (χ0v) is 11.9. The van der Waals surface area contributed by atoms with Gasteiger partial charge in [-0.15, -0.1) is 0 Å². The van der Waals surface area contributed by atoms with E-state index in [9.17, 15) is 4.79 Å². The van der Waals surface area contributed by atoms with E-state index in [2.05, 4.69) is 11.8 Å². The minimum absolute atomic E-state index is 0.135. The summed E-state index contributed by atoms with van der Waals surface area (Å²) in [6.45, 7) is 6.43. The summed E-state index contributed by atoms with van der Waals surface area (Å²) in [5, 5.41) is 8.92. The molecule has 1 aliphatic carbocycles. The molecule has 2 rings (SSSR count). The van der Waals surface area contributed by atoms with E-state index >= 15 is 0 Å². The summed E-state index contributed by atoms with van der Waals surface area (Å²) >= 11 is 0. The highest BCUT2D eigenvalue weighted by atomic mass is 16.3. The molecule has 1 saturated carbocycles. The number of nitrogens with zero attached hydrogens (tertiary/aromatic N) is 2. The van der Waals surface area contributed by atoms with Crippen LogP contribution in [0.4, 0.5) is 0 Å². The Hall–Kier alpha value is -0.650. The zero-order valence-electron chi connectivity index (χ0n) is 11.9. The van der Waals surface area contributed by atoms with Gasteiger partial charge in [0.2, 0.25) is 5.91 Å². The number of hydrogen-bond acceptors (Lipinski definition) is 4. The van der Waals surface area contributed by atoms with Crippen LogP contribution in [0, 0.1) is 11.8 Å². The van der Waals surface area contributed by atoms with Crippen molar-refractivity contribution < 1.29 is 9.90 Å². The quantitative estimate of drug-likeness (QED) is 0.750. The maximum absolute atomic E-state index is 12.5. The molecule has 1 aliphatic heterocycles. The first-order valence-corrected chi connectivity index (χ1v) is 7.49. The summed E-state index contributed by atoms with van der Waals surface area (Å²) in [7, 11) is 0. The Kier molecular flexibility index (Phi) is 5.19. The van der Waals surface area contributed by atoms with Crippen molar-refractivity contribution in [2.24, 2.45) is 17.6 Å². The molecule has 3 atom stereocenters. The van der Waals surface area contributed by atoms with Crippen molar-refractivity contribution in [3.05, 3.63) is 0 Å². The number of rotatable bonds is 3. The second kappa shape index (κ2) is 6.68. The fourth-order valence-corrected chi connectivity index (χ4v) is 3.17. The van der Waals surface area contributed by atoms with Gasteiger partial charge in [0.05, 0.1) is 6.61 Å². The van der Waals surface area contributed by atoms with E-state index in [1.165, 1.54) is 0 Å². The maximum Gasteiger partial charge on any atom is 0.225 e. The van der Waals surface area contributed by atoms with Crippen LogP contribution >= 0.6 is 0 Å². The first-order chi connectivity index (χ1) is 9.11. The molecule has 3 N–H and O–H groups in total. The van der Waals surface area contributed by atoms with Crippen LogP contribution < -0.4 is 5.73 Å². The highest BCUT2D eigenvalue weighted by Gasteiger charge is 2.33. The van der Waals surface area contributed by atoms with E-state index in [1.54, 1.807) is 0 Å². The van der Waals surface area contributed by atoms with Gasteiger partial charge in [0.1, 0.15) is 0 Å². The number of aliphatic hydroxyl groups excluding tert-OH is 1. The van der Waals surface area contributed by atoms with Gasteiger partial charge in [0, 0.05) is 44.7 Å². The highest BCUT2D eigenvalue weighted by Crippen LogP contribution is 2.29. The number of β-amino-alcohol motifs (C(OH)–C–C–N with tert-alkyl or cyclic N) is 1. The summed E-state index contributed by atoms with van der Waals surface area (Å²) in [4.78, 5) is 16.7. The Labute approximate surface area is 115 Å². The molecule has 2 fully saturated rings. The Morgan fingerprint density at radius 3 is 2.53 bits per heavy atom. The van der Waals surface area contributed by atoms with Crippen molar-refractivity contribution in [1.29, 1.82) is 0 Å². The topological polar surface area (TPSA) is 69.8 Å². The van der Waals surface area contributed by atoms with Crippen LogP contribution in [-0.2, 0) is 4.79 Å². The van der Waals surface area contributed by atoms with Crippen molar-refractivity contribution in [1.82, 2.24) is 9.80 Å². The number of hydrogen-bond donors (Lipinski definition) is 2. The first kappa shape index (κ1) is 14.8. The monoisotopic (exact) mass is 269 g/mol. The molecular weight excluding hydrogens is 242 g/mol. The normalized spacial score (nSPS) is 33.4. The predicted molar refractivity (Wildman–Crippen MR) is 74.6 cm³/mol. The van der Waals surface area contributed by atoms with Crippen LogP contribution in [-0.4, -0.2) is 66.2 Å². The number of piperazine rings is 1. The van der Waals surface area contributed by atoms with Gasteiger partial charge < -0.3 is 15.7 Å². The van der Waals surface area contributed by atoms with Crippen molar-refractivity contribution >= 4 is 5.91 Å². The lowest BCUT2D eigenvalue weighted by atomic mass is 9.79. The molecule has 0 aromatic carbocycles. The van der Waals surface area contributed by atoms with Gasteiger partial charge in [-0.05, 0) is 25.2 Å². The molecule has 2 aliphatic rings. The molecule has 19 heavy (non-hydrogen) atoms. The van der Waals surface area contributed by atoms with Crippen LogP contribution in [0.25, 0.3) is 0 Å². The molecule has 5 heteroatoms. The van der Waals surface area contributed by atoms with Gasteiger partial charge in [-0.3, -0.25) is 9.69 Å². The summed E-state index contributed by atoms with van der Waals surface area (Å²) in [5.41, 5.74) is 6.09. The fraction of sp³-hybridized carbons (Fsp3) is 0.929. The summed E-state index contributed by atoms with van der Waals surface area (Å²) in [5.74, 6) is 0.979. The van der Waals surface area contributed by atoms with Crippen LogP contribution in [0.5, 0.6) is 0 Å². The molecule has 0 spiro atoms. The van der Waals surface area contributed by atoms with E-state index in [0.29, 0.717) is 18.4 Å². The minimum Gasteiger partial charge on any atom is -0.395 e. The second-order valence-electron chi connectivity index (χ2n) is 6.04. The van der Waals surface area contributed by atoms with Gasteiger partial charge in [-0.1, -0.05) is 6.92 Å². The fourth-order valence-electron chi connectivity index (χ4n) is 3.17. The van der Waals surface area contributed by atoms with E-state index in [-0.39, 0.29) is 18.6 Å². The SMILES string of the molecule is CC1CCC(C(=O)N2CCN(CCO)CC2)CC1N. The largest absolute Gasteiger partial charge is 0.395 e. The Morgan fingerprint density at radius 1 is 1.26 bits per heavy atom.